The van der Waals surface area contributed by atoms with Gasteiger partial charge in [-0.2, -0.15) is 0 Å². The molecular formula is C31H23O2. The summed E-state index contributed by atoms with van der Waals surface area (Å²) in [5, 5.41) is 7.73. The average molecular weight is 428 g/mol. The first-order valence-corrected chi connectivity index (χ1v) is 11.1. The minimum atomic E-state index is 0.850. The van der Waals surface area contributed by atoms with Gasteiger partial charge < -0.3 is 9.47 Å². The summed E-state index contributed by atoms with van der Waals surface area (Å²) in [5.41, 5.74) is 3.52. The standard InChI is InChI=1S/C31H23O2/c1-32-25-14-8-22(9-15-25)29(23-10-16-26(33-2)17-11-23)27-18-13-24-7-6-20-4-3-5-21-12-19-28(27)31(24)30(20)21/h3-19H,1-2H3. The van der Waals surface area contributed by atoms with Crippen molar-refractivity contribution in [2.24, 2.45) is 0 Å². The lowest BCUT2D eigenvalue weighted by Crippen LogP contribution is -2.06. The highest BCUT2D eigenvalue weighted by Crippen LogP contribution is 2.41. The third kappa shape index (κ3) is 3.18. The van der Waals surface area contributed by atoms with Crippen LogP contribution in [0.3, 0.4) is 0 Å². The number of methoxy groups -OCH3 is 2. The van der Waals surface area contributed by atoms with Crippen molar-refractivity contribution in [2.75, 3.05) is 14.2 Å². The molecule has 0 heterocycles. The van der Waals surface area contributed by atoms with Crippen molar-refractivity contribution in [3.8, 4) is 11.5 Å². The quantitative estimate of drug-likeness (QED) is 0.208. The van der Waals surface area contributed by atoms with Crippen molar-refractivity contribution < 1.29 is 9.47 Å². The third-order valence-corrected chi connectivity index (χ3v) is 6.56. The maximum atomic E-state index is 5.41. The van der Waals surface area contributed by atoms with E-state index in [0.717, 1.165) is 22.6 Å². The molecule has 0 saturated heterocycles. The molecule has 0 N–H and O–H groups in total. The SMILES string of the molecule is COc1ccc([C](c2ccc(OC)cc2)c2ccc3ccc4cccc5ccc2c3c45)cc1. The fourth-order valence-corrected chi connectivity index (χ4v) is 4.95. The van der Waals surface area contributed by atoms with Gasteiger partial charge in [-0.1, -0.05) is 78.9 Å². The molecule has 0 amide bonds. The highest BCUT2D eigenvalue weighted by Gasteiger charge is 2.22. The molecule has 0 atom stereocenters. The molecule has 0 bridgehead atoms. The minimum Gasteiger partial charge on any atom is -0.497 e. The lowest BCUT2D eigenvalue weighted by molar-refractivity contribution is 0.414. The van der Waals surface area contributed by atoms with Crippen molar-refractivity contribution in [2.45, 2.75) is 0 Å². The van der Waals surface area contributed by atoms with Crippen LogP contribution in [0.1, 0.15) is 16.7 Å². The van der Waals surface area contributed by atoms with Crippen LogP contribution in [-0.2, 0) is 0 Å². The Morgan fingerprint density at radius 2 is 0.970 bits per heavy atom. The van der Waals surface area contributed by atoms with Crippen molar-refractivity contribution in [3.63, 3.8) is 0 Å². The summed E-state index contributed by atoms with van der Waals surface area (Å²) in [4.78, 5) is 0. The van der Waals surface area contributed by atoms with E-state index in [0.29, 0.717) is 0 Å². The zero-order valence-electron chi connectivity index (χ0n) is 18.6. The molecule has 0 fully saturated rings. The first kappa shape index (κ1) is 19.6. The van der Waals surface area contributed by atoms with Gasteiger partial charge in [0.25, 0.3) is 0 Å². The summed E-state index contributed by atoms with van der Waals surface area (Å²) in [5.74, 6) is 2.89. The third-order valence-electron chi connectivity index (χ3n) is 6.56. The Morgan fingerprint density at radius 3 is 1.52 bits per heavy atom. The predicted molar refractivity (Wildman–Crippen MR) is 137 cm³/mol. The van der Waals surface area contributed by atoms with Crippen LogP contribution in [-0.4, -0.2) is 14.2 Å². The molecule has 0 saturated carbocycles. The molecule has 0 unspecified atom stereocenters. The summed E-state index contributed by atoms with van der Waals surface area (Å²) in [6.07, 6.45) is 0. The maximum Gasteiger partial charge on any atom is 0.118 e. The normalized spacial score (nSPS) is 11.6. The van der Waals surface area contributed by atoms with Crippen LogP contribution < -0.4 is 9.47 Å². The Morgan fingerprint density at radius 1 is 0.485 bits per heavy atom. The van der Waals surface area contributed by atoms with E-state index >= 15 is 0 Å². The Kier molecular flexibility index (Phi) is 4.66. The molecule has 2 nitrogen and oxygen atoms in total. The average Bonchev–Trinajstić information content (AvgIpc) is 2.89. The molecule has 0 spiro atoms. The summed E-state index contributed by atoms with van der Waals surface area (Å²) < 4.78 is 10.8. The smallest absolute Gasteiger partial charge is 0.118 e. The van der Waals surface area contributed by atoms with Crippen LogP contribution in [0.2, 0.25) is 0 Å². The molecule has 6 aromatic rings. The number of hydrogen-bond acceptors (Lipinski definition) is 2. The fraction of sp³-hybridized carbons (Fsp3) is 0.0645. The predicted octanol–water partition coefficient (Wildman–Crippen LogP) is 7.62. The first-order valence-electron chi connectivity index (χ1n) is 11.1. The molecule has 0 aromatic heterocycles. The van der Waals surface area contributed by atoms with Gasteiger partial charge in [-0.3, -0.25) is 0 Å². The van der Waals surface area contributed by atoms with Crippen molar-refractivity contribution >= 4 is 32.3 Å². The van der Waals surface area contributed by atoms with E-state index in [1.807, 2.05) is 24.3 Å². The van der Waals surface area contributed by atoms with E-state index in [1.54, 1.807) is 14.2 Å². The molecule has 0 aliphatic heterocycles. The Bertz CT molecular complexity index is 1500. The second kappa shape index (κ2) is 7.83. The van der Waals surface area contributed by atoms with E-state index in [9.17, 15) is 0 Å². The van der Waals surface area contributed by atoms with Crippen LogP contribution in [0, 0.1) is 5.92 Å². The van der Waals surface area contributed by atoms with Crippen molar-refractivity contribution in [1.29, 1.82) is 0 Å². The lowest BCUT2D eigenvalue weighted by atomic mass is 9.81. The Labute approximate surface area is 193 Å². The zero-order valence-corrected chi connectivity index (χ0v) is 18.6. The Hall–Kier alpha value is -4.04. The molecule has 2 heteroatoms. The van der Waals surface area contributed by atoms with Crippen LogP contribution in [0.25, 0.3) is 32.3 Å². The monoisotopic (exact) mass is 427 g/mol. The number of rotatable bonds is 5. The van der Waals surface area contributed by atoms with Crippen LogP contribution >= 0.6 is 0 Å². The van der Waals surface area contributed by atoms with E-state index in [4.69, 9.17) is 9.47 Å². The molecular weight excluding hydrogens is 404 g/mol. The van der Waals surface area contributed by atoms with Gasteiger partial charge in [-0.25, -0.2) is 0 Å². The molecule has 0 aliphatic carbocycles. The van der Waals surface area contributed by atoms with Gasteiger partial charge in [0.2, 0.25) is 0 Å². The van der Waals surface area contributed by atoms with E-state index in [-0.39, 0.29) is 0 Å². The minimum absolute atomic E-state index is 0.850. The molecule has 0 aliphatic rings. The van der Waals surface area contributed by atoms with Gasteiger partial charge in [-0.15, -0.1) is 0 Å². The lowest BCUT2D eigenvalue weighted by Gasteiger charge is -2.22. The van der Waals surface area contributed by atoms with Crippen LogP contribution in [0.15, 0.2) is 103 Å². The summed E-state index contributed by atoms with van der Waals surface area (Å²) in [6, 6.07) is 36.6. The largest absolute Gasteiger partial charge is 0.497 e. The molecule has 6 rings (SSSR count). The van der Waals surface area contributed by atoms with Crippen molar-refractivity contribution in [1.82, 2.24) is 0 Å². The number of hydrogen-bond donors (Lipinski definition) is 0. The summed E-state index contributed by atoms with van der Waals surface area (Å²) >= 11 is 0. The van der Waals surface area contributed by atoms with Crippen LogP contribution in [0.5, 0.6) is 11.5 Å². The fourth-order valence-electron chi connectivity index (χ4n) is 4.95. The van der Waals surface area contributed by atoms with E-state index in [2.05, 4.69) is 78.9 Å². The zero-order chi connectivity index (χ0) is 22.4. The van der Waals surface area contributed by atoms with Gasteiger partial charge in [0, 0.05) is 0 Å². The van der Waals surface area contributed by atoms with Gasteiger partial charge in [-0.05, 0) is 73.3 Å². The second-order valence-electron chi connectivity index (χ2n) is 8.30. The van der Waals surface area contributed by atoms with Gasteiger partial charge in [0.15, 0.2) is 0 Å². The number of ether oxygens (including phenoxy) is 2. The van der Waals surface area contributed by atoms with Crippen LogP contribution in [0.4, 0.5) is 0 Å². The van der Waals surface area contributed by atoms with Gasteiger partial charge in [0.1, 0.15) is 11.5 Å². The first-order chi connectivity index (χ1) is 16.3. The molecule has 1 radical (unpaired) electrons. The summed E-state index contributed by atoms with van der Waals surface area (Å²) in [7, 11) is 3.40. The summed E-state index contributed by atoms with van der Waals surface area (Å²) in [6.45, 7) is 0. The maximum absolute atomic E-state index is 5.41. The highest BCUT2D eigenvalue weighted by molar-refractivity contribution is 6.23. The molecule has 159 valence electrons. The number of benzene rings is 6. The van der Waals surface area contributed by atoms with E-state index in [1.165, 1.54) is 43.8 Å². The molecule has 33 heavy (non-hydrogen) atoms. The van der Waals surface area contributed by atoms with Gasteiger partial charge in [0.05, 0.1) is 20.1 Å². The highest BCUT2D eigenvalue weighted by atomic mass is 16.5. The molecule has 6 aromatic carbocycles. The Balaban J connectivity index is 1.64. The topological polar surface area (TPSA) is 18.5 Å². The van der Waals surface area contributed by atoms with E-state index < -0.39 is 0 Å². The second-order valence-corrected chi connectivity index (χ2v) is 8.30. The van der Waals surface area contributed by atoms with Gasteiger partial charge >= 0.3 is 0 Å². The van der Waals surface area contributed by atoms with Crippen molar-refractivity contribution in [3.05, 3.63) is 126 Å².